The number of sulfonamides is 1. The third-order valence-electron chi connectivity index (χ3n) is 4.78. The number of benzene rings is 2. The van der Waals surface area contributed by atoms with Crippen LogP contribution in [0.3, 0.4) is 0 Å². The molecular formula is C20H21N3O4S. The van der Waals surface area contributed by atoms with Crippen molar-refractivity contribution in [2.45, 2.75) is 30.3 Å². The molecule has 0 radical (unpaired) electrons. The zero-order chi connectivity index (χ0) is 20.3. The zero-order valence-electron chi connectivity index (χ0n) is 15.4. The molecule has 8 heteroatoms. The molecule has 1 aliphatic heterocycles. The lowest BCUT2D eigenvalue weighted by Crippen LogP contribution is -2.42. The van der Waals surface area contributed by atoms with Crippen LogP contribution in [0.15, 0.2) is 47.4 Å². The van der Waals surface area contributed by atoms with Crippen LogP contribution in [0.2, 0.25) is 0 Å². The molecule has 0 fully saturated rings. The van der Waals surface area contributed by atoms with Crippen molar-refractivity contribution < 1.29 is 18.3 Å². The molecule has 0 unspecified atom stereocenters. The van der Waals surface area contributed by atoms with Gasteiger partial charge in [-0.15, -0.1) is 0 Å². The molecule has 28 heavy (non-hydrogen) atoms. The summed E-state index contributed by atoms with van der Waals surface area (Å²) in [6.07, 6.45) is 0.796. The second-order valence-corrected chi connectivity index (χ2v) is 8.66. The fourth-order valence-electron chi connectivity index (χ4n) is 3.28. The van der Waals surface area contributed by atoms with Crippen LogP contribution in [0.4, 0.5) is 0 Å². The maximum Gasteiger partial charge on any atom is 0.322 e. The van der Waals surface area contributed by atoms with Crippen LogP contribution in [0.5, 0.6) is 0 Å². The second-order valence-electron chi connectivity index (χ2n) is 6.95. The average Bonchev–Trinajstić information content (AvgIpc) is 2.66. The van der Waals surface area contributed by atoms with Crippen molar-refractivity contribution in [3.8, 4) is 6.07 Å². The highest BCUT2D eigenvalue weighted by Gasteiger charge is 2.27. The number of fused-ring (bicyclic) bond motifs is 1. The molecule has 0 spiro atoms. The molecule has 1 aliphatic rings. The number of nitrogens with zero attached hydrogens (tertiary/aromatic N) is 2. The first-order valence-electron chi connectivity index (χ1n) is 8.83. The van der Waals surface area contributed by atoms with E-state index in [4.69, 9.17) is 5.26 Å². The van der Waals surface area contributed by atoms with E-state index in [2.05, 4.69) is 9.62 Å². The van der Waals surface area contributed by atoms with Gasteiger partial charge in [0.2, 0.25) is 10.0 Å². The van der Waals surface area contributed by atoms with Crippen molar-refractivity contribution >= 4 is 16.0 Å². The Bertz CT molecular complexity index is 1040. The third kappa shape index (κ3) is 4.57. The molecule has 0 bridgehead atoms. The van der Waals surface area contributed by atoms with Gasteiger partial charge >= 0.3 is 5.97 Å². The molecule has 1 atom stereocenters. The number of hydrogen-bond donors (Lipinski definition) is 2. The van der Waals surface area contributed by atoms with Crippen LogP contribution in [0.25, 0.3) is 0 Å². The summed E-state index contributed by atoms with van der Waals surface area (Å²) in [5.74, 6) is -1.27. The number of nitrogens with one attached hydrogen (secondary N) is 1. The second kappa shape index (κ2) is 8.10. The standard InChI is InChI=1S/C20H21N3O4S/c1-23-8-7-16-5-6-18(11-17(16)13-23)28(26,27)22-19(20(24)25)10-14-3-2-4-15(9-14)12-21/h2-6,9,11,19,22H,7-8,10,13H2,1H3,(H,24,25)/t19-/m0/s1. The number of carboxylic acid groups (broad SMARTS) is 1. The van der Waals surface area contributed by atoms with Gasteiger partial charge < -0.3 is 10.0 Å². The van der Waals surface area contributed by atoms with E-state index in [0.717, 1.165) is 24.1 Å². The van der Waals surface area contributed by atoms with E-state index in [-0.39, 0.29) is 11.3 Å². The summed E-state index contributed by atoms with van der Waals surface area (Å²) in [5.41, 5.74) is 3.01. The molecule has 0 aliphatic carbocycles. The first-order valence-corrected chi connectivity index (χ1v) is 10.3. The van der Waals surface area contributed by atoms with Crippen molar-refractivity contribution in [1.82, 2.24) is 9.62 Å². The lowest BCUT2D eigenvalue weighted by atomic mass is 10.0. The van der Waals surface area contributed by atoms with Gasteiger partial charge in [-0.25, -0.2) is 8.42 Å². The topological polar surface area (TPSA) is 111 Å². The normalized spacial score (nSPS) is 15.4. The highest BCUT2D eigenvalue weighted by atomic mass is 32.2. The fourth-order valence-corrected chi connectivity index (χ4v) is 4.52. The molecule has 2 N–H and O–H groups in total. The molecule has 146 valence electrons. The quantitative estimate of drug-likeness (QED) is 0.762. The Kier molecular flexibility index (Phi) is 5.79. The van der Waals surface area contributed by atoms with Crippen LogP contribution in [-0.4, -0.2) is 44.0 Å². The summed E-state index contributed by atoms with van der Waals surface area (Å²) in [4.78, 5) is 13.8. The summed E-state index contributed by atoms with van der Waals surface area (Å²) in [7, 11) is -2.04. The fraction of sp³-hybridized carbons (Fsp3) is 0.300. The van der Waals surface area contributed by atoms with Crippen molar-refractivity contribution in [1.29, 1.82) is 5.26 Å². The summed E-state index contributed by atoms with van der Waals surface area (Å²) in [6.45, 7) is 1.57. The minimum Gasteiger partial charge on any atom is -0.480 e. The zero-order valence-corrected chi connectivity index (χ0v) is 16.2. The Labute approximate surface area is 164 Å². The summed E-state index contributed by atoms with van der Waals surface area (Å²) >= 11 is 0. The van der Waals surface area contributed by atoms with E-state index in [1.807, 2.05) is 13.1 Å². The number of aliphatic carboxylic acids is 1. The van der Waals surface area contributed by atoms with Gasteiger partial charge in [0.25, 0.3) is 0 Å². The Morgan fingerprint density at radius 3 is 2.79 bits per heavy atom. The lowest BCUT2D eigenvalue weighted by Gasteiger charge is -2.25. The summed E-state index contributed by atoms with van der Waals surface area (Å²) in [5, 5.41) is 18.5. The summed E-state index contributed by atoms with van der Waals surface area (Å²) in [6, 6.07) is 12.0. The van der Waals surface area contributed by atoms with Crippen molar-refractivity contribution in [3.63, 3.8) is 0 Å². The molecule has 0 saturated carbocycles. The van der Waals surface area contributed by atoms with Gasteiger partial charge in [-0.05, 0) is 60.8 Å². The summed E-state index contributed by atoms with van der Waals surface area (Å²) < 4.78 is 27.9. The largest absolute Gasteiger partial charge is 0.480 e. The Balaban J connectivity index is 1.83. The molecule has 0 amide bonds. The van der Waals surface area contributed by atoms with Crippen LogP contribution in [-0.2, 0) is 34.2 Å². The molecule has 1 heterocycles. The van der Waals surface area contributed by atoms with Gasteiger partial charge in [0.1, 0.15) is 6.04 Å². The van der Waals surface area contributed by atoms with Crippen LogP contribution >= 0.6 is 0 Å². The van der Waals surface area contributed by atoms with E-state index in [9.17, 15) is 18.3 Å². The minimum absolute atomic E-state index is 0.0542. The van der Waals surface area contributed by atoms with Crippen molar-refractivity contribution in [2.24, 2.45) is 0 Å². The highest BCUT2D eigenvalue weighted by Crippen LogP contribution is 2.22. The monoisotopic (exact) mass is 399 g/mol. The molecule has 0 saturated heterocycles. The predicted octanol–water partition coefficient (Wildman–Crippen LogP) is 1.52. The number of carboxylic acids is 1. The van der Waals surface area contributed by atoms with Gasteiger partial charge in [0, 0.05) is 13.1 Å². The van der Waals surface area contributed by atoms with E-state index < -0.39 is 22.0 Å². The first-order chi connectivity index (χ1) is 13.3. The number of rotatable bonds is 6. The van der Waals surface area contributed by atoms with Gasteiger partial charge in [0.05, 0.1) is 16.5 Å². The third-order valence-corrected chi connectivity index (χ3v) is 6.25. The van der Waals surface area contributed by atoms with E-state index in [0.29, 0.717) is 17.7 Å². The van der Waals surface area contributed by atoms with Gasteiger partial charge in [-0.1, -0.05) is 18.2 Å². The SMILES string of the molecule is CN1CCc2ccc(S(=O)(=O)N[C@@H](Cc3cccc(C#N)c3)C(=O)O)cc2C1. The van der Waals surface area contributed by atoms with Crippen molar-refractivity contribution in [3.05, 3.63) is 64.7 Å². The Morgan fingerprint density at radius 2 is 2.07 bits per heavy atom. The van der Waals surface area contributed by atoms with E-state index in [1.54, 1.807) is 36.4 Å². The number of carbonyl (C=O) groups is 1. The molecule has 0 aromatic heterocycles. The molecule has 2 aromatic carbocycles. The maximum atomic E-state index is 12.8. The molecule has 7 nitrogen and oxygen atoms in total. The van der Waals surface area contributed by atoms with Gasteiger partial charge in [-0.3, -0.25) is 4.79 Å². The smallest absolute Gasteiger partial charge is 0.322 e. The van der Waals surface area contributed by atoms with E-state index >= 15 is 0 Å². The molecule has 2 aromatic rings. The van der Waals surface area contributed by atoms with Crippen molar-refractivity contribution in [2.75, 3.05) is 13.6 Å². The number of hydrogen-bond acceptors (Lipinski definition) is 5. The molecule has 3 rings (SSSR count). The lowest BCUT2D eigenvalue weighted by molar-refractivity contribution is -0.138. The minimum atomic E-state index is -4.01. The molecular weight excluding hydrogens is 378 g/mol. The van der Waals surface area contributed by atoms with Gasteiger partial charge in [0.15, 0.2) is 0 Å². The predicted molar refractivity (Wildman–Crippen MR) is 103 cm³/mol. The Hall–Kier alpha value is -2.73. The highest BCUT2D eigenvalue weighted by molar-refractivity contribution is 7.89. The van der Waals surface area contributed by atoms with Crippen LogP contribution in [0, 0.1) is 11.3 Å². The van der Waals surface area contributed by atoms with E-state index in [1.165, 1.54) is 6.07 Å². The number of likely N-dealkylation sites (N-methyl/N-ethyl adjacent to an activating group) is 1. The Morgan fingerprint density at radius 1 is 1.29 bits per heavy atom. The van der Waals surface area contributed by atoms with Crippen LogP contribution in [0.1, 0.15) is 22.3 Å². The van der Waals surface area contributed by atoms with Gasteiger partial charge in [-0.2, -0.15) is 9.98 Å². The van der Waals surface area contributed by atoms with Crippen LogP contribution < -0.4 is 4.72 Å². The average molecular weight is 399 g/mol. The maximum absolute atomic E-state index is 12.8. The first kappa shape index (κ1) is 20.0. The number of nitriles is 1.